The van der Waals surface area contributed by atoms with Gasteiger partial charge in [0.1, 0.15) is 6.04 Å². The lowest BCUT2D eigenvalue weighted by Gasteiger charge is -2.17. The Labute approximate surface area is 136 Å². The number of carboxylic acids is 1. The molecule has 23 heavy (non-hydrogen) atoms. The SMILES string of the molecule is CCS(=O)(=O)c1ccc(CCC(=O)NC(C(=O)O)C(C)C)cc1. The van der Waals surface area contributed by atoms with Gasteiger partial charge >= 0.3 is 5.97 Å². The number of rotatable bonds is 8. The van der Waals surface area contributed by atoms with Gasteiger partial charge in [0.2, 0.25) is 5.91 Å². The third kappa shape index (κ3) is 5.67. The van der Waals surface area contributed by atoms with Crippen LogP contribution in [0.1, 0.15) is 32.8 Å². The molecule has 1 unspecified atom stereocenters. The van der Waals surface area contributed by atoms with Crippen molar-refractivity contribution in [3.05, 3.63) is 29.8 Å². The molecule has 0 heterocycles. The molecule has 1 aromatic rings. The normalized spacial score (nSPS) is 12.9. The van der Waals surface area contributed by atoms with Crippen LogP contribution in [0.3, 0.4) is 0 Å². The van der Waals surface area contributed by atoms with E-state index < -0.39 is 21.8 Å². The highest BCUT2D eigenvalue weighted by molar-refractivity contribution is 7.91. The minimum Gasteiger partial charge on any atom is -0.480 e. The Morgan fingerprint density at radius 3 is 2.17 bits per heavy atom. The Hall–Kier alpha value is -1.89. The van der Waals surface area contributed by atoms with Gasteiger partial charge in [0, 0.05) is 6.42 Å². The predicted octanol–water partition coefficient (Wildman–Crippen LogP) is 1.64. The van der Waals surface area contributed by atoms with E-state index in [9.17, 15) is 18.0 Å². The molecule has 0 aliphatic heterocycles. The average Bonchev–Trinajstić information content (AvgIpc) is 2.50. The Bertz CT molecular complexity index is 650. The molecule has 2 N–H and O–H groups in total. The highest BCUT2D eigenvalue weighted by Gasteiger charge is 2.23. The number of amides is 1. The number of nitrogens with one attached hydrogen (secondary N) is 1. The van der Waals surface area contributed by atoms with Crippen molar-refractivity contribution in [2.45, 2.75) is 44.6 Å². The zero-order valence-corrected chi connectivity index (χ0v) is 14.4. The fraction of sp³-hybridized carbons (Fsp3) is 0.500. The van der Waals surface area contributed by atoms with Crippen molar-refractivity contribution in [3.63, 3.8) is 0 Å². The van der Waals surface area contributed by atoms with Gasteiger partial charge in [-0.05, 0) is 30.0 Å². The van der Waals surface area contributed by atoms with Crippen molar-refractivity contribution in [2.75, 3.05) is 5.75 Å². The summed E-state index contributed by atoms with van der Waals surface area (Å²) in [5.41, 5.74) is 0.826. The summed E-state index contributed by atoms with van der Waals surface area (Å²) in [7, 11) is -3.23. The quantitative estimate of drug-likeness (QED) is 0.748. The number of sulfone groups is 1. The molecule has 7 heteroatoms. The maximum atomic E-state index is 11.8. The molecule has 1 amide bonds. The maximum absolute atomic E-state index is 11.8. The molecule has 1 aromatic carbocycles. The van der Waals surface area contributed by atoms with Crippen LogP contribution < -0.4 is 5.32 Å². The van der Waals surface area contributed by atoms with E-state index in [1.54, 1.807) is 32.9 Å². The first-order chi connectivity index (χ1) is 10.7. The van der Waals surface area contributed by atoms with Crippen LogP contribution in [0.5, 0.6) is 0 Å². The molecule has 0 fully saturated rings. The van der Waals surface area contributed by atoms with Crippen LogP contribution in [-0.2, 0) is 25.8 Å². The summed E-state index contributed by atoms with van der Waals surface area (Å²) < 4.78 is 23.4. The number of carboxylic acid groups (broad SMARTS) is 1. The van der Waals surface area contributed by atoms with Crippen LogP contribution in [0.25, 0.3) is 0 Å². The lowest BCUT2D eigenvalue weighted by Crippen LogP contribution is -2.44. The molecule has 0 radical (unpaired) electrons. The summed E-state index contributed by atoms with van der Waals surface area (Å²) in [5, 5.41) is 11.5. The lowest BCUT2D eigenvalue weighted by atomic mass is 10.0. The van der Waals surface area contributed by atoms with E-state index >= 15 is 0 Å². The third-order valence-corrected chi connectivity index (χ3v) is 5.30. The van der Waals surface area contributed by atoms with Crippen molar-refractivity contribution >= 4 is 21.7 Å². The van der Waals surface area contributed by atoms with Gasteiger partial charge in [-0.2, -0.15) is 0 Å². The van der Waals surface area contributed by atoms with Crippen molar-refractivity contribution in [1.29, 1.82) is 0 Å². The van der Waals surface area contributed by atoms with Crippen molar-refractivity contribution < 1.29 is 23.1 Å². The molecule has 1 rings (SSSR count). The van der Waals surface area contributed by atoms with Crippen molar-refractivity contribution in [3.8, 4) is 0 Å². The van der Waals surface area contributed by atoms with Crippen LogP contribution >= 0.6 is 0 Å². The molecule has 0 bridgehead atoms. The average molecular weight is 341 g/mol. The summed E-state index contributed by atoms with van der Waals surface area (Å²) in [6.45, 7) is 5.04. The zero-order valence-electron chi connectivity index (χ0n) is 13.6. The largest absolute Gasteiger partial charge is 0.480 e. The van der Waals surface area contributed by atoms with E-state index in [-0.39, 0.29) is 28.9 Å². The second-order valence-electron chi connectivity index (χ2n) is 5.67. The Kier molecular flexibility index (Phi) is 6.75. The van der Waals surface area contributed by atoms with Gasteiger partial charge in [-0.1, -0.05) is 32.9 Å². The van der Waals surface area contributed by atoms with Crippen LogP contribution in [0, 0.1) is 5.92 Å². The van der Waals surface area contributed by atoms with E-state index in [0.717, 1.165) is 5.56 Å². The second-order valence-corrected chi connectivity index (χ2v) is 7.95. The van der Waals surface area contributed by atoms with Crippen LogP contribution in [0.15, 0.2) is 29.2 Å². The molecule has 0 saturated carbocycles. The first-order valence-corrected chi connectivity index (χ1v) is 9.16. The molecule has 0 aliphatic rings. The summed E-state index contributed by atoms with van der Waals surface area (Å²) in [6.07, 6.45) is 0.569. The van der Waals surface area contributed by atoms with E-state index in [4.69, 9.17) is 5.11 Å². The fourth-order valence-electron chi connectivity index (χ4n) is 2.05. The van der Waals surface area contributed by atoms with Crippen LogP contribution in [0.4, 0.5) is 0 Å². The second kappa shape index (κ2) is 8.10. The molecule has 0 saturated heterocycles. The number of hydrogen-bond donors (Lipinski definition) is 2. The van der Waals surface area contributed by atoms with Gasteiger partial charge < -0.3 is 10.4 Å². The van der Waals surface area contributed by atoms with E-state index in [1.807, 2.05) is 0 Å². The summed E-state index contributed by atoms with van der Waals surface area (Å²) >= 11 is 0. The highest BCUT2D eigenvalue weighted by atomic mass is 32.2. The van der Waals surface area contributed by atoms with Gasteiger partial charge in [0.25, 0.3) is 0 Å². The number of carbonyl (C=O) groups is 2. The van der Waals surface area contributed by atoms with Gasteiger partial charge in [-0.25, -0.2) is 13.2 Å². The molecule has 6 nitrogen and oxygen atoms in total. The van der Waals surface area contributed by atoms with Crippen molar-refractivity contribution in [1.82, 2.24) is 5.32 Å². The van der Waals surface area contributed by atoms with Gasteiger partial charge in [-0.3, -0.25) is 4.79 Å². The van der Waals surface area contributed by atoms with Crippen LogP contribution in [0.2, 0.25) is 0 Å². The third-order valence-electron chi connectivity index (χ3n) is 3.55. The topological polar surface area (TPSA) is 101 Å². The van der Waals surface area contributed by atoms with Crippen molar-refractivity contribution in [2.24, 2.45) is 5.92 Å². The summed E-state index contributed by atoms with van der Waals surface area (Å²) in [4.78, 5) is 23.1. The molecule has 0 aliphatic carbocycles. The van der Waals surface area contributed by atoms with E-state index in [1.165, 1.54) is 12.1 Å². The molecular formula is C16H23NO5S. The first-order valence-electron chi connectivity index (χ1n) is 7.51. The number of aliphatic carboxylic acids is 1. The Morgan fingerprint density at radius 2 is 1.74 bits per heavy atom. The fourth-order valence-corrected chi connectivity index (χ4v) is 2.93. The monoisotopic (exact) mass is 341 g/mol. The number of benzene rings is 1. The van der Waals surface area contributed by atoms with Gasteiger partial charge in [0.05, 0.1) is 10.6 Å². The molecule has 128 valence electrons. The summed E-state index contributed by atoms with van der Waals surface area (Å²) in [6, 6.07) is 5.50. The van der Waals surface area contributed by atoms with Gasteiger partial charge in [0.15, 0.2) is 9.84 Å². The molecular weight excluding hydrogens is 318 g/mol. The first kappa shape index (κ1) is 19.2. The number of carbonyl (C=O) groups excluding carboxylic acids is 1. The standard InChI is InChI=1S/C16H23NO5S/c1-4-23(21,22)13-8-5-12(6-9-13)7-10-14(18)17-15(11(2)3)16(19)20/h5-6,8-9,11,15H,4,7,10H2,1-3H3,(H,17,18)(H,19,20). The number of hydrogen-bond acceptors (Lipinski definition) is 4. The summed E-state index contributed by atoms with van der Waals surface area (Å²) in [5.74, 6) is -1.55. The Balaban J connectivity index is 2.62. The minimum atomic E-state index is -3.23. The molecule has 0 aromatic heterocycles. The minimum absolute atomic E-state index is 0.0422. The molecule has 0 spiro atoms. The zero-order chi connectivity index (χ0) is 17.6. The predicted molar refractivity (Wildman–Crippen MR) is 86.9 cm³/mol. The maximum Gasteiger partial charge on any atom is 0.326 e. The van der Waals surface area contributed by atoms with E-state index in [2.05, 4.69) is 5.32 Å². The van der Waals surface area contributed by atoms with Crippen LogP contribution in [-0.4, -0.2) is 37.2 Å². The highest BCUT2D eigenvalue weighted by Crippen LogP contribution is 2.13. The van der Waals surface area contributed by atoms with E-state index in [0.29, 0.717) is 6.42 Å². The lowest BCUT2D eigenvalue weighted by molar-refractivity contribution is -0.143. The Morgan fingerprint density at radius 1 is 1.17 bits per heavy atom. The molecule has 1 atom stereocenters. The number of aryl methyl sites for hydroxylation is 1. The van der Waals surface area contributed by atoms with Gasteiger partial charge in [-0.15, -0.1) is 0 Å². The smallest absolute Gasteiger partial charge is 0.326 e.